The number of thiazole rings is 1. The number of nitrogens with zero attached hydrogens (tertiary/aromatic N) is 3. The molecule has 2 amide bonds. The Morgan fingerprint density at radius 3 is 2.81 bits per heavy atom. The molecule has 0 spiro atoms. The monoisotopic (exact) mass is 541 g/mol. The molecule has 0 unspecified atom stereocenters. The van der Waals surface area contributed by atoms with Crippen LogP contribution in [0.25, 0.3) is 0 Å². The number of halogens is 4. The molecular weight excluding hydrogens is 510 g/mol. The van der Waals surface area contributed by atoms with Crippen LogP contribution in [-0.4, -0.2) is 64.2 Å². The summed E-state index contributed by atoms with van der Waals surface area (Å²) >= 11 is 1.61. The third kappa shape index (κ3) is 5.34. The third-order valence-electron chi connectivity index (χ3n) is 8.01. The number of aliphatic hydroxyl groups excluding tert-OH is 1. The van der Waals surface area contributed by atoms with Crippen molar-refractivity contribution >= 4 is 23.1 Å². The van der Waals surface area contributed by atoms with Gasteiger partial charge in [-0.3, -0.25) is 0 Å². The first-order valence-corrected chi connectivity index (χ1v) is 13.4. The molecule has 1 saturated heterocycles. The van der Waals surface area contributed by atoms with Crippen molar-refractivity contribution in [2.75, 3.05) is 31.5 Å². The number of aliphatic hydroxyl groups is 1. The number of nitrogens with one attached hydrogen (secondary N) is 1. The molecule has 3 fully saturated rings. The van der Waals surface area contributed by atoms with Crippen molar-refractivity contribution in [3.8, 4) is 0 Å². The molecule has 2 aliphatic carbocycles. The molecule has 4 atom stereocenters. The minimum atomic E-state index is -4.86. The van der Waals surface area contributed by atoms with E-state index in [1.165, 1.54) is 4.88 Å². The average Bonchev–Trinajstić information content (AvgIpc) is 3.18. The smallest absolute Gasteiger partial charge is 0.392 e. The highest BCUT2D eigenvalue weighted by Crippen LogP contribution is 2.66. The maximum absolute atomic E-state index is 13.8. The van der Waals surface area contributed by atoms with E-state index in [1.807, 2.05) is 6.20 Å². The van der Waals surface area contributed by atoms with E-state index in [0.717, 1.165) is 49.4 Å². The number of alkyl halides is 3. The van der Waals surface area contributed by atoms with Gasteiger partial charge in [0.15, 0.2) is 0 Å². The van der Waals surface area contributed by atoms with Gasteiger partial charge in [-0.05, 0) is 62.8 Å². The second-order valence-corrected chi connectivity index (χ2v) is 11.4. The second kappa shape index (κ2) is 10.1. The topological polar surface area (TPSA) is 94.7 Å². The Morgan fingerprint density at radius 1 is 1.35 bits per heavy atom. The molecule has 5 rings (SSSR count). The lowest BCUT2D eigenvalue weighted by atomic mass is 10.0. The van der Waals surface area contributed by atoms with E-state index in [1.54, 1.807) is 16.2 Å². The molecule has 0 bridgehead atoms. The fourth-order valence-corrected chi connectivity index (χ4v) is 7.15. The van der Waals surface area contributed by atoms with Crippen LogP contribution >= 0.6 is 11.3 Å². The molecule has 12 heteroatoms. The van der Waals surface area contributed by atoms with E-state index >= 15 is 0 Å². The summed E-state index contributed by atoms with van der Waals surface area (Å²) in [6.45, 7) is 2.93. The summed E-state index contributed by atoms with van der Waals surface area (Å²) < 4.78 is 53.4. The van der Waals surface area contributed by atoms with Gasteiger partial charge in [-0.15, -0.1) is 11.3 Å². The molecule has 0 radical (unpaired) electrons. The first-order valence-electron chi connectivity index (χ1n) is 12.6. The zero-order chi connectivity index (χ0) is 26.4. The van der Waals surface area contributed by atoms with E-state index in [-0.39, 0.29) is 29.2 Å². The molecule has 202 valence electrons. The van der Waals surface area contributed by atoms with Crippen molar-refractivity contribution in [2.24, 2.45) is 11.7 Å². The van der Waals surface area contributed by atoms with Crippen LogP contribution in [0.5, 0.6) is 0 Å². The predicted octanol–water partition coefficient (Wildman–Crippen LogP) is 4.17. The number of amides is 2. The molecule has 1 aliphatic heterocycles. The van der Waals surface area contributed by atoms with E-state index in [0.29, 0.717) is 38.7 Å². The Bertz CT molecular complexity index is 1140. The second-order valence-electron chi connectivity index (χ2n) is 10.3. The number of rotatable bonds is 8. The van der Waals surface area contributed by atoms with Gasteiger partial charge < -0.3 is 26.0 Å². The maximum Gasteiger partial charge on any atom is 0.419 e. The molecule has 2 aromatic rings. The van der Waals surface area contributed by atoms with Gasteiger partial charge in [-0.25, -0.2) is 14.2 Å². The Balaban J connectivity index is 1.32. The molecule has 1 aromatic heterocycles. The minimum Gasteiger partial charge on any atom is -0.392 e. The number of carbonyl (C=O) groups excluding carboxylic acids is 1. The fourth-order valence-electron chi connectivity index (χ4n) is 6.06. The summed E-state index contributed by atoms with van der Waals surface area (Å²) in [5, 5.41) is 13.3. The lowest BCUT2D eigenvalue weighted by molar-refractivity contribution is -0.139. The van der Waals surface area contributed by atoms with Crippen LogP contribution in [0, 0.1) is 11.7 Å². The quantitative estimate of drug-likeness (QED) is 0.436. The highest BCUT2D eigenvalue weighted by Gasteiger charge is 2.64. The summed E-state index contributed by atoms with van der Waals surface area (Å²) in [4.78, 5) is 22.9. The van der Waals surface area contributed by atoms with Crippen LogP contribution in [0.2, 0.25) is 0 Å². The molecule has 3 aliphatic rings. The normalized spacial score (nSPS) is 27.4. The summed E-state index contributed by atoms with van der Waals surface area (Å²) in [6.07, 6.45) is 0.714. The Kier molecular flexibility index (Phi) is 7.20. The molecule has 1 aromatic carbocycles. The number of hydrogen-bond acceptors (Lipinski definition) is 6. The third-order valence-corrected chi connectivity index (χ3v) is 9.25. The van der Waals surface area contributed by atoms with Gasteiger partial charge in [0.05, 0.1) is 11.7 Å². The van der Waals surface area contributed by atoms with Gasteiger partial charge in [-0.1, -0.05) is 0 Å². The first kappa shape index (κ1) is 26.3. The lowest BCUT2D eigenvalue weighted by Gasteiger charge is -2.31. The molecule has 7 nitrogen and oxygen atoms in total. The number of hydrogen-bond donors (Lipinski definition) is 3. The van der Waals surface area contributed by atoms with Gasteiger partial charge in [-0.2, -0.15) is 13.2 Å². The zero-order valence-corrected chi connectivity index (χ0v) is 21.1. The van der Waals surface area contributed by atoms with Crippen LogP contribution in [0.1, 0.15) is 47.6 Å². The van der Waals surface area contributed by atoms with Gasteiger partial charge in [0, 0.05) is 54.4 Å². The van der Waals surface area contributed by atoms with Crippen LogP contribution in [-0.2, 0) is 18.1 Å². The van der Waals surface area contributed by atoms with Crippen molar-refractivity contribution in [1.29, 1.82) is 0 Å². The van der Waals surface area contributed by atoms with E-state index < -0.39 is 23.6 Å². The molecular formula is C25H31F4N5O2S. The van der Waals surface area contributed by atoms with Crippen LogP contribution in [0.4, 0.5) is 28.0 Å². The van der Waals surface area contributed by atoms with Crippen molar-refractivity contribution in [1.82, 2.24) is 14.8 Å². The van der Waals surface area contributed by atoms with Gasteiger partial charge in [0.25, 0.3) is 0 Å². The predicted molar refractivity (Wildman–Crippen MR) is 132 cm³/mol. The number of aromatic nitrogens is 1. The Hall–Kier alpha value is -2.28. The number of likely N-dealkylation sites (tertiary alicyclic amines) is 1. The number of anilines is 1. The number of carbonyl (C=O) groups is 1. The largest absolute Gasteiger partial charge is 0.419 e. The van der Waals surface area contributed by atoms with Crippen LogP contribution in [0.3, 0.4) is 0 Å². The summed E-state index contributed by atoms with van der Waals surface area (Å²) in [6, 6.07) is 1.96. The van der Waals surface area contributed by atoms with Crippen molar-refractivity contribution in [2.45, 2.75) is 62.4 Å². The number of nitrogens with two attached hydrogens (primary N) is 1. The molecule has 37 heavy (non-hydrogen) atoms. The first-order chi connectivity index (χ1) is 17.6. The lowest BCUT2D eigenvalue weighted by Crippen LogP contribution is -2.44. The average molecular weight is 542 g/mol. The van der Waals surface area contributed by atoms with E-state index in [9.17, 15) is 27.5 Å². The number of benzene rings is 1. The SMILES string of the molecule is NCc1ncc([C@@]23CC[C@H](N(CCCN4CC[C@@H](O)C4)C(=O)Nc4ccc(F)c(C(F)(F)F)c4)[C@@H]2C3)s1. The fraction of sp³-hybridized carbons (Fsp3) is 0.600. The van der Waals surface area contributed by atoms with Crippen LogP contribution < -0.4 is 11.1 Å². The summed E-state index contributed by atoms with van der Waals surface area (Å²) in [5.74, 6) is -1.13. The van der Waals surface area contributed by atoms with Gasteiger partial charge in [0.1, 0.15) is 10.8 Å². The van der Waals surface area contributed by atoms with Crippen molar-refractivity contribution in [3.05, 3.63) is 45.7 Å². The Morgan fingerprint density at radius 2 is 2.16 bits per heavy atom. The molecule has 2 heterocycles. The zero-order valence-electron chi connectivity index (χ0n) is 20.3. The molecule has 4 N–H and O–H groups in total. The maximum atomic E-state index is 13.8. The Labute approximate surface area is 216 Å². The van der Waals surface area contributed by atoms with Gasteiger partial charge >= 0.3 is 12.2 Å². The van der Waals surface area contributed by atoms with Crippen LogP contribution in [0.15, 0.2) is 24.4 Å². The number of fused-ring (bicyclic) bond motifs is 1. The van der Waals surface area contributed by atoms with Gasteiger partial charge in [0.2, 0.25) is 0 Å². The number of β-amino-alcohol motifs (C(OH)–C–C–N with tert-alkyl or cyclic N) is 1. The summed E-state index contributed by atoms with van der Waals surface area (Å²) in [7, 11) is 0. The van der Waals surface area contributed by atoms with E-state index in [4.69, 9.17) is 5.73 Å². The molecule has 2 saturated carbocycles. The van der Waals surface area contributed by atoms with E-state index in [2.05, 4.69) is 15.2 Å². The highest BCUT2D eigenvalue weighted by atomic mass is 32.1. The highest BCUT2D eigenvalue weighted by molar-refractivity contribution is 7.11. The van der Waals surface area contributed by atoms with Crippen molar-refractivity contribution in [3.63, 3.8) is 0 Å². The number of urea groups is 1. The standard InChI is InChI=1S/C25H31F4N5O2S/c26-19-3-2-15(10-17(19)25(27,28)29)32-23(36)34(8-1-7-33-9-5-16(35)14-33)20-4-6-24(11-18(20)24)21-13-31-22(12-30)37-21/h2-3,10,13,16,18,20,35H,1,4-9,11-12,14,30H2,(H,32,36)/t16-,18+,20+,24-/m1/s1. The summed E-state index contributed by atoms with van der Waals surface area (Å²) in [5.41, 5.74) is 4.22. The minimum absolute atomic E-state index is 0.0212. The van der Waals surface area contributed by atoms with Crippen molar-refractivity contribution < 1.29 is 27.5 Å².